The van der Waals surface area contributed by atoms with Gasteiger partial charge in [-0.3, -0.25) is 9.69 Å². The third kappa shape index (κ3) is 4.61. The summed E-state index contributed by atoms with van der Waals surface area (Å²) in [7, 11) is 1.61. The second-order valence-electron chi connectivity index (χ2n) is 7.23. The maximum atomic E-state index is 13.1. The minimum Gasteiger partial charge on any atom is -0.496 e. The number of nitrogens with one attached hydrogen (secondary N) is 1. The largest absolute Gasteiger partial charge is 0.496 e. The number of methoxy groups -OCH3 is 1. The molecule has 1 amide bonds. The monoisotopic (exact) mass is 464 g/mol. The first kappa shape index (κ1) is 21.9. The summed E-state index contributed by atoms with van der Waals surface area (Å²) in [4.78, 5) is 14.6. The van der Waals surface area contributed by atoms with Gasteiger partial charge in [0, 0.05) is 10.6 Å². The Morgan fingerprint density at radius 3 is 2.66 bits per heavy atom. The second kappa shape index (κ2) is 9.42. The number of carbonyl (C=O) groups excluding carboxylic acids is 1. The summed E-state index contributed by atoms with van der Waals surface area (Å²) in [6.07, 6.45) is 1.77. The van der Waals surface area contributed by atoms with Crippen molar-refractivity contribution in [2.45, 2.75) is 13.5 Å². The Balaban J connectivity index is 1.58. The van der Waals surface area contributed by atoms with E-state index in [0.717, 1.165) is 22.4 Å². The zero-order chi connectivity index (χ0) is 22.7. The molecule has 0 radical (unpaired) electrons. The lowest BCUT2D eigenvalue weighted by Crippen LogP contribution is -2.30. The molecule has 1 heterocycles. The Morgan fingerprint density at radius 1 is 1.09 bits per heavy atom. The molecule has 5 nitrogen and oxygen atoms in total. The van der Waals surface area contributed by atoms with Gasteiger partial charge >= 0.3 is 0 Å². The van der Waals surface area contributed by atoms with Crippen LogP contribution in [0.5, 0.6) is 11.5 Å². The van der Waals surface area contributed by atoms with E-state index < -0.39 is 0 Å². The van der Waals surface area contributed by atoms with Gasteiger partial charge in [0.2, 0.25) is 0 Å². The van der Waals surface area contributed by atoms with E-state index in [1.165, 1.54) is 4.90 Å². The van der Waals surface area contributed by atoms with E-state index in [1.807, 2.05) is 61.5 Å². The lowest BCUT2D eigenvalue weighted by atomic mass is 10.1. The number of thiocarbonyl (C=S) groups is 1. The maximum absolute atomic E-state index is 13.1. The van der Waals surface area contributed by atoms with Crippen molar-refractivity contribution in [3.05, 3.63) is 94.1 Å². The van der Waals surface area contributed by atoms with Gasteiger partial charge in [-0.25, -0.2) is 0 Å². The fraction of sp³-hybridized carbons (Fsp3) is 0.120. The van der Waals surface area contributed by atoms with Gasteiger partial charge in [0.1, 0.15) is 23.8 Å². The predicted octanol–water partition coefficient (Wildman–Crippen LogP) is 5.50. The van der Waals surface area contributed by atoms with Crippen molar-refractivity contribution >= 4 is 46.6 Å². The summed E-state index contributed by atoms with van der Waals surface area (Å²) < 4.78 is 11.3. The van der Waals surface area contributed by atoms with Crippen molar-refractivity contribution in [2.24, 2.45) is 0 Å². The number of nitrogens with zero attached hydrogens (tertiary/aromatic N) is 1. The van der Waals surface area contributed by atoms with Crippen molar-refractivity contribution in [1.29, 1.82) is 0 Å². The number of hydrogen-bond donors (Lipinski definition) is 1. The molecule has 0 saturated carbocycles. The number of halogens is 1. The number of carbonyl (C=O) groups is 1. The fourth-order valence-electron chi connectivity index (χ4n) is 3.45. The number of ether oxygens (including phenoxy) is 2. The molecule has 0 spiro atoms. The summed E-state index contributed by atoms with van der Waals surface area (Å²) in [6, 6.07) is 20.5. The zero-order valence-corrected chi connectivity index (χ0v) is 19.2. The maximum Gasteiger partial charge on any atom is 0.281 e. The normalized spacial score (nSPS) is 14.6. The van der Waals surface area contributed by atoms with E-state index in [0.29, 0.717) is 27.3 Å². The predicted molar refractivity (Wildman–Crippen MR) is 131 cm³/mol. The molecule has 1 saturated heterocycles. The van der Waals surface area contributed by atoms with Gasteiger partial charge in [-0.2, -0.15) is 0 Å². The molecule has 4 rings (SSSR count). The van der Waals surface area contributed by atoms with Gasteiger partial charge in [0.15, 0.2) is 5.11 Å². The van der Waals surface area contributed by atoms with Crippen molar-refractivity contribution in [1.82, 2.24) is 5.32 Å². The number of amides is 1. The van der Waals surface area contributed by atoms with Crippen LogP contribution in [0.15, 0.2) is 72.4 Å². The molecule has 0 bridgehead atoms. The highest BCUT2D eigenvalue weighted by Gasteiger charge is 2.32. The first-order valence-corrected chi connectivity index (χ1v) is 10.7. The summed E-state index contributed by atoms with van der Waals surface area (Å²) in [5, 5.41) is 3.99. The van der Waals surface area contributed by atoms with Crippen LogP contribution in [-0.4, -0.2) is 18.1 Å². The van der Waals surface area contributed by atoms with Crippen LogP contribution in [-0.2, 0) is 11.4 Å². The minimum atomic E-state index is -0.197. The molecule has 162 valence electrons. The van der Waals surface area contributed by atoms with Gasteiger partial charge in [-0.15, -0.1) is 0 Å². The van der Waals surface area contributed by atoms with Crippen LogP contribution >= 0.6 is 23.8 Å². The third-order valence-electron chi connectivity index (χ3n) is 5.04. The molecule has 0 unspecified atom stereocenters. The van der Waals surface area contributed by atoms with Gasteiger partial charge in [0.05, 0.1) is 12.8 Å². The Labute approximate surface area is 197 Å². The van der Waals surface area contributed by atoms with Crippen molar-refractivity contribution < 1.29 is 14.3 Å². The average Bonchev–Trinajstić information content (AvgIpc) is 3.05. The topological polar surface area (TPSA) is 50.8 Å². The van der Waals surface area contributed by atoms with Crippen molar-refractivity contribution in [2.75, 3.05) is 12.0 Å². The number of rotatable bonds is 6. The summed E-state index contributed by atoms with van der Waals surface area (Å²) >= 11 is 11.5. The molecule has 1 aliphatic rings. The van der Waals surface area contributed by atoms with E-state index in [1.54, 1.807) is 25.3 Å². The first-order chi connectivity index (χ1) is 15.5. The zero-order valence-electron chi connectivity index (χ0n) is 17.6. The Morgan fingerprint density at radius 2 is 1.91 bits per heavy atom. The lowest BCUT2D eigenvalue weighted by Gasteiger charge is -2.16. The van der Waals surface area contributed by atoms with Crippen LogP contribution in [0.3, 0.4) is 0 Å². The molecule has 1 aliphatic heterocycles. The minimum absolute atomic E-state index is 0.197. The highest BCUT2D eigenvalue weighted by Crippen LogP contribution is 2.27. The third-order valence-corrected chi connectivity index (χ3v) is 5.56. The molecule has 1 N–H and O–H groups in total. The van der Waals surface area contributed by atoms with Crippen LogP contribution in [0, 0.1) is 6.92 Å². The van der Waals surface area contributed by atoms with E-state index in [4.69, 9.17) is 33.3 Å². The quantitative estimate of drug-likeness (QED) is 0.385. The van der Waals surface area contributed by atoms with Gasteiger partial charge in [-0.1, -0.05) is 41.9 Å². The van der Waals surface area contributed by atoms with Gasteiger partial charge in [0.25, 0.3) is 5.91 Å². The summed E-state index contributed by atoms with van der Waals surface area (Å²) in [6.45, 7) is 2.23. The molecule has 7 heteroatoms. The number of benzene rings is 3. The molecular formula is C25H21ClN2O3S. The lowest BCUT2D eigenvalue weighted by molar-refractivity contribution is -0.113. The van der Waals surface area contributed by atoms with Crippen LogP contribution in [0.2, 0.25) is 5.02 Å². The molecular weight excluding hydrogens is 444 g/mol. The van der Waals surface area contributed by atoms with Crippen molar-refractivity contribution in [3.8, 4) is 11.5 Å². The van der Waals surface area contributed by atoms with E-state index >= 15 is 0 Å². The Kier molecular flexibility index (Phi) is 6.44. The van der Waals surface area contributed by atoms with Crippen LogP contribution in [0.25, 0.3) is 6.08 Å². The van der Waals surface area contributed by atoms with E-state index in [9.17, 15) is 4.79 Å². The van der Waals surface area contributed by atoms with E-state index in [-0.39, 0.29) is 12.5 Å². The number of anilines is 1. The molecule has 3 aromatic carbocycles. The van der Waals surface area contributed by atoms with Gasteiger partial charge in [-0.05, 0) is 72.7 Å². The van der Waals surface area contributed by atoms with Crippen molar-refractivity contribution in [3.63, 3.8) is 0 Å². The number of para-hydroxylation sites is 1. The first-order valence-electron chi connectivity index (χ1n) is 9.94. The highest BCUT2D eigenvalue weighted by atomic mass is 35.5. The molecule has 0 atom stereocenters. The summed E-state index contributed by atoms with van der Waals surface area (Å²) in [5.74, 6) is 1.16. The number of hydrogen-bond acceptors (Lipinski definition) is 4. The van der Waals surface area contributed by atoms with Gasteiger partial charge < -0.3 is 14.8 Å². The Hall–Kier alpha value is -3.35. The average molecular weight is 465 g/mol. The molecule has 3 aromatic rings. The highest BCUT2D eigenvalue weighted by molar-refractivity contribution is 7.80. The number of aryl methyl sites for hydroxylation is 1. The Bertz CT molecular complexity index is 1230. The molecule has 1 fully saturated rings. The van der Waals surface area contributed by atoms with Crippen LogP contribution < -0.4 is 19.7 Å². The standard InChI is InChI=1S/C25H21ClN2O3S/c1-16-6-3-4-9-22(16)28-24(29)21(27-25(28)32)13-17-10-11-23(30-2)18(12-17)15-31-20-8-5-7-19(26)14-20/h3-14H,15H2,1-2H3,(H,27,32)/b21-13+. The smallest absolute Gasteiger partial charge is 0.281 e. The molecule has 32 heavy (non-hydrogen) atoms. The summed E-state index contributed by atoms with van der Waals surface area (Å²) in [5.41, 5.74) is 3.80. The fourth-order valence-corrected chi connectivity index (χ4v) is 3.93. The van der Waals surface area contributed by atoms with E-state index in [2.05, 4.69) is 5.32 Å². The van der Waals surface area contributed by atoms with Crippen LogP contribution in [0.1, 0.15) is 16.7 Å². The molecule has 0 aliphatic carbocycles. The second-order valence-corrected chi connectivity index (χ2v) is 8.06. The molecule has 0 aromatic heterocycles. The SMILES string of the molecule is COc1ccc(/C=C2/NC(=S)N(c3ccccc3C)C2=O)cc1COc1cccc(Cl)c1. The van der Waals surface area contributed by atoms with Crippen LogP contribution in [0.4, 0.5) is 5.69 Å².